The number of nitrogens with zero attached hydrogens (tertiary/aromatic N) is 1. The fourth-order valence-electron chi connectivity index (χ4n) is 2.18. The van der Waals surface area contributed by atoms with Gasteiger partial charge in [-0.2, -0.15) is 5.10 Å². The predicted molar refractivity (Wildman–Crippen MR) is 99.1 cm³/mol. The molecule has 27 heavy (non-hydrogen) atoms. The summed E-state index contributed by atoms with van der Waals surface area (Å²) in [5.41, 5.74) is 3.17. The number of carbonyl (C=O) groups excluding carboxylic acids is 2. The van der Waals surface area contributed by atoms with Gasteiger partial charge in [0.1, 0.15) is 18.2 Å². The quantitative estimate of drug-likeness (QED) is 0.453. The number of rotatable bonds is 6. The molecule has 140 valence electrons. The van der Waals surface area contributed by atoms with E-state index in [1.165, 1.54) is 12.3 Å². The Morgan fingerprint density at radius 1 is 1.22 bits per heavy atom. The summed E-state index contributed by atoms with van der Waals surface area (Å²) in [5.74, 6) is -1.48. The van der Waals surface area contributed by atoms with Crippen molar-refractivity contribution in [1.29, 1.82) is 0 Å². The van der Waals surface area contributed by atoms with Crippen LogP contribution in [0.2, 0.25) is 5.02 Å². The van der Waals surface area contributed by atoms with E-state index in [0.717, 1.165) is 12.8 Å². The molecule has 1 aliphatic carbocycles. The van der Waals surface area contributed by atoms with E-state index in [-0.39, 0.29) is 18.5 Å². The van der Waals surface area contributed by atoms with E-state index < -0.39 is 11.8 Å². The SMILES string of the molecule is O=C(N/N=C\c1ccc(OCc2ccccc2F)c(Cl)c1)C(=O)NC1CC1. The van der Waals surface area contributed by atoms with Gasteiger partial charge in [-0.05, 0) is 42.7 Å². The van der Waals surface area contributed by atoms with Crippen molar-refractivity contribution >= 4 is 29.6 Å². The minimum Gasteiger partial charge on any atom is -0.487 e. The molecule has 2 N–H and O–H groups in total. The first-order chi connectivity index (χ1) is 13.0. The monoisotopic (exact) mass is 389 g/mol. The van der Waals surface area contributed by atoms with Crippen LogP contribution in [-0.4, -0.2) is 24.1 Å². The fourth-order valence-corrected chi connectivity index (χ4v) is 2.42. The zero-order valence-corrected chi connectivity index (χ0v) is 15.0. The average Bonchev–Trinajstić information content (AvgIpc) is 3.46. The zero-order chi connectivity index (χ0) is 19.2. The van der Waals surface area contributed by atoms with Crippen molar-refractivity contribution in [3.63, 3.8) is 0 Å². The molecule has 0 aliphatic heterocycles. The molecule has 0 bridgehead atoms. The molecule has 1 aliphatic rings. The van der Waals surface area contributed by atoms with Gasteiger partial charge in [-0.3, -0.25) is 9.59 Å². The summed E-state index contributed by atoms with van der Waals surface area (Å²) in [7, 11) is 0. The van der Waals surface area contributed by atoms with E-state index in [0.29, 0.717) is 21.9 Å². The summed E-state index contributed by atoms with van der Waals surface area (Å²) in [6, 6.07) is 11.3. The molecule has 0 radical (unpaired) electrons. The smallest absolute Gasteiger partial charge is 0.329 e. The van der Waals surface area contributed by atoms with Crippen molar-refractivity contribution in [2.45, 2.75) is 25.5 Å². The van der Waals surface area contributed by atoms with Crippen molar-refractivity contribution in [2.24, 2.45) is 5.10 Å². The lowest BCUT2D eigenvalue weighted by Crippen LogP contribution is -2.38. The molecule has 1 saturated carbocycles. The van der Waals surface area contributed by atoms with Crippen LogP contribution in [-0.2, 0) is 16.2 Å². The third-order valence-electron chi connectivity index (χ3n) is 3.80. The third-order valence-corrected chi connectivity index (χ3v) is 4.09. The van der Waals surface area contributed by atoms with Crippen LogP contribution < -0.4 is 15.5 Å². The lowest BCUT2D eigenvalue weighted by molar-refractivity contribution is -0.139. The molecule has 0 unspecified atom stereocenters. The highest BCUT2D eigenvalue weighted by atomic mass is 35.5. The van der Waals surface area contributed by atoms with Crippen molar-refractivity contribution in [2.75, 3.05) is 0 Å². The molecule has 0 saturated heterocycles. The summed E-state index contributed by atoms with van der Waals surface area (Å²) in [6.07, 6.45) is 3.15. The number of halogens is 2. The Balaban J connectivity index is 1.53. The Morgan fingerprint density at radius 3 is 2.70 bits per heavy atom. The first-order valence-corrected chi connectivity index (χ1v) is 8.70. The van der Waals surface area contributed by atoms with Gasteiger partial charge in [0.2, 0.25) is 0 Å². The van der Waals surface area contributed by atoms with Gasteiger partial charge >= 0.3 is 11.8 Å². The zero-order valence-electron chi connectivity index (χ0n) is 14.2. The lowest BCUT2D eigenvalue weighted by atomic mass is 10.2. The summed E-state index contributed by atoms with van der Waals surface area (Å²) in [4.78, 5) is 23.0. The molecule has 2 aromatic rings. The predicted octanol–water partition coefficient (Wildman–Crippen LogP) is 2.79. The van der Waals surface area contributed by atoms with E-state index in [1.54, 1.807) is 36.4 Å². The largest absolute Gasteiger partial charge is 0.487 e. The number of amides is 2. The molecular weight excluding hydrogens is 373 g/mol. The maximum Gasteiger partial charge on any atom is 0.329 e. The van der Waals surface area contributed by atoms with Gasteiger partial charge in [-0.15, -0.1) is 0 Å². The Bertz CT molecular complexity index is 884. The molecule has 2 amide bonds. The van der Waals surface area contributed by atoms with E-state index in [4.69, 9.17) is 16.3 Å². The van der Waals surface area contributed by atoms with Gasteiger partial charge < -0.3 is 10.1 Å². The number of hydrogen-bond acceptors (Lipinski definition) is 4. The van der Waals surface area contributed by atoms with Gasteiger partial charge in [0.15, 0.2) is 0 Å². The standard InChI is InChI=1S/C19H17ClFN3O3/c20-15-9-12(10-22-24-19(26)18(25)23-14-6-7-14)5-8-17(15)27-11-13-3-1-2-4-16(13)21/h1-5,8-10,14H,6-7,11H2,(H,23,25)(H,24,26)/b22-10-. The van der Waals surface area contributed by atoms with Crippen molar-refractivity contribution in [3.05, 3.63) is 64.4 Å². The number of hydrazone groups is 1. The fraction of sp³-hybridized carbons (Fsp3) is 0.211. The van der Waals surface area contributed by atoms with E-state index >= 15 is 0 Å². The summed E-state index contributed by atoms with van der Waals surface area (Å²) in [5, 5.41) is 6.61. The highest BCUT2D eigenvalue weighted by Gasteiger charge is 2.26. The number of benzene rings is 2. The maximum atomic E-state index is 13.6. The first-order valence-electron chi connectivity index (χ1n) is 8.32. The molecule has 0 atom stereocenters. The molecule has 3 rings (SSSR count). The van der Waals surface area contributed by atoms with E-state index in [1.807, 2.05) is 0 Å². The summed E-state index contributed by atoms with van der Waals surface area (Å²) >= 11 is 6.16. The Morgan fingerprint density at radius 2 is 2.00 bits per heavy atom. The van der Waals surface area contributed by atoms with Gasteiger partial charge in [0.25, 0.3) is 0 Å². The maximum absolute atomic E-state index is 13.6. The average molecular weight is 390 g/mol. The van der Waals surface area contributed by atoms with Crippen LogP contribution in [0, 0.1) is 5.82 Å². The van der Waals surface area contributed by atoms with Crippen LogP contribution >= 0.6 is 11.6 Å². The van der Waals surface area contributed by atoms with Gasteiger partial charge in [0.05, 0.1) is 11.2 Å². The number of ether oxygens (including phenoxy) is 1. The molecule has 1 fully saturated rings. The molecule has 0 aromatic heterocycles. The third kappa shape index (κ3) is 5.52. The topological polar surface area (TPSA) is 79.8 Å². The minimum atomic E-state index is -0.825. The highest BCUT2D eigenvalue weighted by Crippen LogP contribution is 2.26. The Kier molecular flexibility index (Phi) is 6.03. The molecule has 0 heterocycles. The second-order valence-corrected chi connectivity index (χ2v) is 6.42. The number of hydrogen-bond donors (Lipinski definition) is 2. The van der Waals surface area contributed by atoms with Crippen LogP contribution in [0.4, 0.5) is 4.39 Å². The van der Waals surface area contributed by atoms with Crippen LogP contribution in [0.25, 0.3) is 0 Å². The van der Waals surface area contributed by atoms with E-state index in [2.05, 4.69) is 15.8 Å². The van der Waals surface area contributed by atoms with Crippen LogP contribution in [0.15, 0.2) is 47.6 Å². The molecule has 2 aromatic carbocycles. The van der Waals surface area contributed by atoms with Gasteiger partial charge in [0, 0.05) is 11.6 Å². The van der Waals surface area contributed by atoms with Crippen LogP contribution in [0.3, 0.4) is 0 Å². The summed E-state index contributed by atoms with van der Waals surface area (Å²) < 4.78 is 19.1. The minimum absolute atomic E-state index is 0.0476. The van der Waals surface area contributed by atoms with Crippen molar-refractivity contribution in [1.82, 2.24) is 10.7 Å². The normalized spacial score (nSPS) is 13.4. The van der Waals surface area contributed by atoms with Crippen LogP contribution in [0.1, 0.15) is 24.0 Å². The second kappa shape index (κ2) is 8.64. The lowest BCUT2D eigenvalue weighted by Gasteiger charge is -2.09. The number of carbonyl (C=O) groups is 2. The second-order valence-electron chi connectivity index (χ2n) is 6.02. The van der Waals surface area contributed by atoms with Crippen LogP contribution in [0.5, 0.6) is 5.75 Å². The van der Waals surface area contributed by atoms with Crippen molar-refractivity contribution in [3.8, 4) is 5.75 Å². The molecule has 0 spiro atoms. The molecule has 6 nitrogen and oxygen atoms in total. The van der Waals surface area contributed by atoms with Gasteiger partial charge in [-0.25, -0.2) is 9.82 Å². The summed E-state index contributed by atoms with van der Waals surface area (Å²) in [6.45, 7) is 0.0476. The van der Waals surface area contributed by atoms with Gasteiger partial charge in [-0.1, -0.05) is 29.8 Å². The molecule has 8 heteroatoms. The Labute approximate surface area is 160 Å². The number of nitrogens with one attached hydrogen (secondary N) is 2. The van der Waals surface area contributed by atoms with E-state index in [9.17, 15) is 14.0 Å². The van der Waals surface area contributed by atoms with Crippen molar-refractivity contribution < 1.29 is 18.7 Å². The Hall–Kier alpha value is -2.93. The first kappa shape index (κ1) is 18.8. The highest BCUT2D eigenvalue weighted by molar-refractivity contribution is 6.35. The molecular formula is C19H17ClFN3O3.